The Bertz CT molecular complexity index is 1010. The molecule has 39 heavy (non-hydrogen) atoms. The largest absolute Gasteiger partial charge is 0.380 e. The molecule has 0 bridgehead atoms. The number of benzene rings is 1. The number of piperidine rings is 1. The van der Waals surface area contributed by atoms with Crippen molar-refractivity contribution in [1.29, 1.82) is 0 Å². The van der Waals surface area contributed by atoms with Gasteiger partial charge in [-0.15, -0.1) is 0 Å². The fourth-order valence-electron chi connectivity index (χ4n) is 5.22. The Morgan fingerprint density at radius 1 is 1.23 bits per heavy atom. The highest BCUT2D eigenvalue weighted by Gasteiger charge is 2.36. The average molecular weight is 540 g/mol. The molecular formula is C30H45N5O4. The van der Waals surface area contributed by atoms with Gasteiger partial charge in [0, 0.05) is 69.8 Å². The van der Waals surface area contributed by atoms with Gasteiger partial charge < -0.3 is 34.9 Å². The monoisotopic (exact) mass is 539 g/mol. The normalized spacial score (nSPS) is 16.6. The molecule has 0 aromatic heterocycles. The highest BCUT2D eigenvalue weighted by Crippen LogP contribution is 2.28. The van der Waals surface area contributed by atoms with E-state index in [1.165, 1.54) is 25.9 Å². The van der Waals surface area contributed by atoms with E-state index in [0.717, 1.165) is 50.1 Å². The fraction of sp³-hybridized carbons (Fsp3) is 0.633. The van der Waals surface area contributed by atoms with Crippen molar-refractivity contribution in [2.45, 2.75) is 57.2 Å². The molecule has 3 rings (SSSR count). The molecule has 9 heteroatoms. The first kappa shape index (κ1) is 30.8. The summed E-state index contributed by atoms with van der Waals surface area (Å²) in [6.45, 7) is 6.99. The molecule has 2 heterocycles. The van der Waals surface area contributed by atoms with Crippen LogP contribution in [0.2, 0.25) is 0 Å². The van der Waals surface area contributed by atoms with Gasteiger partial charge >= 0.3 is 0 Å². The lowest BCUT2D eigenvalue weighted by molar-refractivity contribution is -0.125. The zero-order chi connectivity index (χ0) is 28.0. The number of aldehydes is 1. The number of likely N-dealkylation sites (N-methyl/N-ethyl adjacent to an activating group) is 2. The molecule has 0 aliphatic carbocycles. The number of amides is 2. The molecule has 1 aromatic rings. The number of carbonyl (C=O) groups is 3. The molecule has 1 atom stereocenters. The molecule has 0 radical (unpaired) electrons. The zero-order valence-electron chi connectivity index (χ0n) is 23.8. The van der Waals surface area contributed by atoms with Crippen molar-refractivity contribution in [2.24, 2.45) is 0 Å². The van der Waals surface area contributed by atoms with Crippen molar-refractivity contribution < 1.29 is 19.1 Å². The number of likely N-dealkylation sites (tertiary alicyclic amines) is 1. The SMILES string of the molecule is CNC(=O)C(CCC=O)N1Cc2c(C#CCCN(C)CCOCCCN3CCC(NC)CC3)cccc2C1=O. The predicted octanol–water partition coefficient (Wildman–Crippen LogP) is 1.50. The van der Waals surface area contributed by atoms with Crippen molar-refractivity contribution in [3.05, 3.63) is 34.9 Å². The standard InChI is InChI=1S/C30H45N5O4/c1-31-25-13-17-34(18-14-25)16-8-21-39-22-19-33(3)15-5-4-9-24-10-6-11-26-27(24)23-35(30(26)38)28(12-7-20-36)29(37)32-2/h6,10-11,20,25,28,31H,5,7-8,12-19,21-23H2,1-3H3,(H,32,37). The van der Waals surface area contributed by atoms with E-state index >= 15 is 0 Å². The smallest absolute Gasteiger partial charge is 0.255 e. The summed E-state index contributed by atoms with van der Waals surface area (Å²) in [5, 5.41) is 5.99. The highest BCUT2D eigenvalue weighted by molar-refractivity contribution is 6.01. The second kappa shape index (κ2) is 16.4. The predicted molar refractivity (Wildman–Crippen MR) is 152 cm³/mol. The van der Waals surface area contributed by atoms with Gasteiger partial charge in [-0.3, -0.25) is 9.59 Å². The minimum atomic E-state index is -0.673. The van der Waals surface area contributed by atoms with E-state index in [1.807, 2.05) is 12.1 Å². The zero-order valence-corrected chi connectivity index (χ0v) is 23.8. The second-order valence-corrected chi connectivity index (χ2v) is 10.4. The average Bonchev–Trinajstić information content (AvgIpc) is 3.29. The summed E-state index contributed by atoms with van der Waals surface area (Å²) >= 11 is 0. The van der Waals surface area contributed by atoms with Gasteiger partial charge in [-0.1, -0.05) is 17.9 Å². The molecule has 1 unspecified atom stereocenters. The lowest BCUT2D eigenvalue weighted by Crippen LogP contribution is -2.46. The van der Waals surface area contributed by atoms with E-state index in [-0.39, 0.29) is 18.2 Å². The van der Waals surface area contributed by atoms with E-state index in [9.17, 15) is 14.4 Å². The number of hydrogen-bond acceptors (Lipinski definition) is 7. The molecular weight excluding hydrogens is 494 g/mol. The maximum Gasteiger partial charge on any atom is 0.255 e. The quantitative estimate of drug-likeness (QED) is 0.198. The maximum atomic E-state index is 13.0. The Labute approximate surface area is 233 Å². The third kappa shape index (κ3) is 9.14. The van der Waals surface area contributed by atoms with Crippen LogP contribution in [0.4, 0.5) is 0 Å². The third-order valence-electron chi connectivity index (χ3n) is 7.70. The van der Waals surface area contributed by atoms with Crippen LogP contribution in [-0.4, -0.2) is 112 Å². The van der Waals surface area contributed by atoms with Gasteiger partial charge in [0.25, 0.3) is 5.91 Å². The number of rotatable bonds is 15. The summed E-state index contributed by atoms with van der Waals surface area (Å²) in [7, 11) is 5.67. The van der Waals surface area contributed by atoms with Gasteiger partial charge in [0.2, 0.25) is 5.91 Å². The minimum Gasteiger partial charge on any atom is -0.380 e. The van der Waals surface area contributed by atoms with Gasteiger partial charge in [0.1, 0.15) is 12.3 Å². The van der Waals surface area contributed by atoms with E-state index in [2.05, 4.69) is 46.4 Å². The summed E-state index contributed by atoms with van der Waals surface area (Å²) < 4.78 is 5.85. The van der Waals surface area contributed by atoms with E-state index < -0.39 is 6.04 Å². The van der Waals surface area contributed by atoms with Crippen LogP contribution >= 0.6 is 0 Å². The van der Waals surface area contributed by atoms with Crippen LogP contribution in [0.1, 0.15) is 60.0 Å². The molecule has 9 nitrogen and oxygen atoms in total. The number of carbonyl (C=O) groups excluding carboxylic acids is 3. The topological polar surface area (TPSA) is 94.2 Å². The van der Waals surface area contributed by atoms with Crippen molar-refractivity contribution in [3.63, 3.8) is 0 Å². The first-order chi connectivity index (χ1) is 19.0. The van der Waals surface area contributed by atoms with Crippen LogP contribution in [0.15, 0.2) is 18.2 Å². The van der Waals surface area contributed by atoms with E-state index in [4.69, 9.17) is 4.74 Å². The highest BCUT2D eigenvalue weighted by atomic mass is 16.5. The van der Waals surface area contributed by atoms with Crippen molar-refractivity contribution >= 4 is 18.1 Å². The number of ether oxygens (including phenoxy) is 1. The number of nitrogens with one attached hydrogen (secondary N) is 2. The summed E-state index contributed by atoms with van der Waals surface area (Å²) in [6.07, 6.45) is 5.54. The molecule has 1 saturated heterocycles. The fourth-order valence-corrected chi connectivity index (χ4v) is 5.22. The number of fused-ring (bicyclic) bond motifs is 1. The maximum absolute atomic E-state index is 13.0. The molecule has 0 spiro atoms. The Morgan fingerprint density at radius 2 is 2.03 bits per heavy atom. The van der Waals surface area contributed by atoms with Crippen LogP contribution in [0.25, 0.3) is 0 Å². The Kier molecular flexibility index (Phi) is 12.9. The summed E-state index contributed by atoms with van der Waals surface area (Å²) in [5.74, 6) is 6.03. The molecule has 0 saturated carbocycles. The second-order valence-electron chi connectivity index (χ2n) is 10.4. The summed E-state index contributed by atoms with van der Waals surface area (Å²) in [5.41, 5.74) is 2.25. The lowest BCUT2D eigenvalue weighted by atomic mass is 10.0. The Hall–Kier alpha value is -2.77. The van der Waals surface area contributed by atoms with Gasteiger partial charge in [-0.05, 0) is 70.6 Å². The van der Waals surface area contributed by atoms with E-state index in [1.54, 1.807) is 18.0 Å². The van der Waals surface area contributed by atoms with E-state index in [0.29, 0.717) is 37.6 Å². The Morgan fingerprint density at radius 3 is 2.74 bits per heavy atom. The van der Waals surface area contributed by atoms with Crippen molar-refractivity contribution in [3.8, 4) is 11.8 Å². The van der Waals surface area contributed by atoms with Crippen LogP contribution in [0, 0.1) is 11.8 Å². The summed E-state index contributed by atoms with van der Waals surface area (Å²) in [6, 6.07) is 5.53. The number of hydrogen-bond donors (Lipinski definition) is 2. The van der Waals surface area contributed by atoms with Crippen LogP contribution in [0.5, 0.6) is 0 Å². The molecule has 2 N–H and O–H groups in total. The lowest BCUT2D eigenvalue weighted by Gasteiger charge is -2.31. The van der Waals surface area contributed by atoms with Crippen LogP contribution in [-0.2, 0) is 20.9 Å². The third-order valence-corrected chi connectivity index (χ3v) is 7.70. The molecule has 2 aliphatic rings. The first-order valence-corrected chi connectivity index (χ1v) is 14.2. The van der Waals surface area contributed by atoms with Gasteiger partial charge in [-0.2, -0.15) is 0 Å². The molecule has 1 aromatic carbocycles. The van der Waals surface area contributed by atoms with Crippen LogP contribution < -0.4 is 10.6 Å². The molecule has 214 valence electrons. The Balaban J connectivity index is 1.38. The van der Waals surface area contributed by atoms with Crippen LogP contribution in [0.3, 0.4) is 0 Å². The number of nitrogens with zero attached hydrogens (tertiary/aromatic N) is 3. The van der Waals surface area contributed by atoms with Crippen molar-refractivity contribution in [2.75, 3.05) is 67.1 Å². The first-order valence-electron chi connectivity index (χ1n) is 14.2. The minimum absolute atomic E-state index is 0.189. The molecule has 2 amide bonds. The van der Waals surface area contributed by atoms with Gasteiger partial charge in [0.05, 0.1) is 6.61 Å². The van der Waals surface area contributed by atoms with Gasteiger partial charge in [-0.25, -0.2) is 0 Å². The molecule has 1 fully saturated rings. The van der Waals surface area contributed by atoms with Gasteiger partial charge in [0.15, 0.2) is 0 Å². The van der Waals surface area contributed by atoms with Crippen molar-refractivity contribution in [1.82, 2.24) is 25.3 Å². The molecule has 2 aliphatic heterocycles. The summed E-state index contributed by atoms with van der Waals surface area (Å²) in [4.78, 5) is 42.7.